The first kappa shape index (κ1) is 64.4. The highest BCUT2D eigenvalue weighted by atomic mass is 16.6. The minimum Gasteiger partial charge on any atom is -0.462 e. The molecule has 0 fully saturated rings. The fraction of sp³-hybridized carbons (Fsp3) is 0.820. The lowest BCUT2D eigenvalue weighted by Crippen LogP contribution is -2.30. The van der Waals surface area contributed by atoms with Crippen molar-refractivity contribution < 1.29 is 28.6 Å². The van der Waals surface area contributed by atoms with Crippen LogP contribution < -0.4 is 0 Å². The molecule has 0 heterocycles. The van der Waals surface area contributed by atoms with Crippen molar-refractivity contribution in [2.75, 3.05) is 13.2 Å². The summed E-state index contributed by atoms with van der Waals surface area (Å²) in [7, 11) is 0. The van der Waals surface area contributed by atoms with Crippen LogP contribution in [-0.2, 0) is 28.6 Å². The van der Waals surface area contributed by atoms with Gasteiger partial charge >= 0.3 is 17.9 Å². The number of allylic oxidation sites excluding steroid dienone is 8. The number of esters is 3. The van der Waals surface area contributed by atoms with Crippen molar-refractivity contribution in [1.29, 1.82) is 0 Å². The van der Waals surface area contributed by atoms with Crippen molar-refractivity contribution in [3.8, 4) is 0 Å². The zero-order valence-corrected chi connectivity index (χ0v) is 44.7. The molecule has 0 aromatic heterocycles. The Morgan fingerprint density at radius 2 is 0.567 bits per heavy atom. The summed E-state index contributed by atoms with van der Waals surface area (Å²) in [5.41, 5.74) is 0. The van der Waals surface area contributed by atoms with Gasteiger partial charge in [0.05, 0.1) is 0 Å². The fourth-order valence-corrected chi connectivity index (χ4v) is 8.39. The summed E-state index contributed by atoms with van der Waals surface area (Å²) in [4.78, 5) is 38.1. The van der Waals surface area contributed by atoms with Crippen molar-refractivity contribution in [2.45, 2.75) is 309 Å². The topological polar surface area (TPSA) is 78.9 Å². The maximum atomic E-state index is 12.8. The molecule has 0 saturated heterocycles. The molecule has 0 amide bonds. The lowest BCUT2D eigenvalue weighted by atomic mass is 10.0. The molecule has 0 aliphatic heterocycles. The van der Waals surface area contributed by atoms with Crippen LogP contribution in [0.4, 0.5) is 0 Å². The molecule has 1 atom stereocenters. The van der Waals surface area contributed by atoms with Crippen LogP contribution in [0.2, 0.25) is 0 Å². The number of carbonyl (C=O) groups excluding carboxylic acids is 3. The molecule has 0 spiro atoms. The van der Waals surface area contributed by atoms with E-state index in [2.05, 4.69) is 69.4 Å². The Labute approximate surface area is 416 Å². The van der Waals surface area contributed by atoms with E-state index in [4.69, 9.17) is 14.2 Å². The summed E-state index contributed by atoms with van der Waals surface area (Å²) in [5.74, 6) is -0.881. The van der Waals surface area contributed by atoms with E-state index in [-0.39, 0.29) is 31.1 Å². The number of ether oxygens (including phenoxy) is 3. The van der Waals surface area contributed by atoms with Crippen molar-refractivity contribution in [1.82, 2.24) is 0 Å². The van der Waals surface area contributed by atoms with Crippen LogP contribution in [0.1, 0.15) is 303 Å². The normalized spacial score (nSPS) is 12.3. The standard InChI is InChI=1S/C61H110O6/c1-4-7-10-13-16-19-22-24-26-28-29-30-31-32-33-34-36-37-39-42-45-48-51-54-60(63)66-57-58(56-65-59(62)53-50-47-44-41-21-18-15-12-9-6-3)67-61(64)55-52-49-46-43-40-38-35-27-25-23-20-17-14-11-8-5-2/h12,15,22,24,28-29,31-32,58H,4-11,13-14,16-21,23,25-27,30,33-57H2,1-3H3/b15-12-,24-22-,29-28-,32-31-. The molecule has 67 heavy (non-hydrogen) atoms. The number of hydrogen-bond donors (Lipinski definition) is 0. The Hall–Kier alpha value is -2.63. The summed E-state index contributed by atoms with van der Waals surface area (Å²) in [5, 5.41) is 0. The molecule has 0 rings (SSSR count). The van der Waals surface area contributed by atoms with Crippen LogP contribution in [0.25, 0.3) is 0 Å². The SMILES string of the molecule is CCC/C=C\CCCCCCCC(=O)OCC(COC(=O)CCCCCCCCCC/C=C\C/C=C\C/C=C\CCCCCCC)OC(=O)CCCCCCCCCCCCCCCCCC. The largest absolute Gasteiger partial charge is 0.462 e. The van der Waals surface area contributed by atoms with Gasteiger partial charge in [-0.15, -0.1) is 0 Å². The Morgan fingerprint density at radius 1 is 0.299 bits per heavy atom. The highest BCUT2D eigenvalue weighted by Gasteiger charge is 2.19. The molecule has 6 nitrogen and oxygen atoms in total. The molecular formula is C61H110O6. The maximum absolute atomic E-state index is 12.8. The molecule has 390 valence electrons. The van der Waals surface area contributed by atoms with Crippen LogP contribution in [0.3, 0.4) is 0 Å². The fourth-order valence-electron chi connectivity index (χ4n) is 8.39. The second-order valence-electron chi connectivity index (χ2n) is 19.6. The molecule has 0 aromatic rings. The predicted molar refractivity (Wildman–Crippen MR) is 289 cm³/mol. The highest BCUT2D eigenvalue weighted by molar-refractivity contribution is 5.71. The number of unbranched alkanes of at least 4 members (excludes halogenated alkanes) is 34. The van der Waals surface area contributed by atoms with Gasteiger partial charge in [-0.25, -0.2) is 0 Å². The lowest BCUT2D eigenvalue weighted by molar-refractivity contribution is -0.167. The zero-order valence-electron chi connectivity index (χ0n) is 44.7. The van der Waals surface area contributed by atoms with Gasteiger partial charge in [0.1, 0.15) is 13.2 Å². The van der Waals surface area contributed by atoms with E-state index in [0.29, 0.717) is 19.3 Å². The molecule has 0 aliphatic carbocycles. The molecular weight excluding hydrogens is 829 g/mol. The van der Waals surface area contributed by atoms with E-state index < -0.39 is 6.10 Å². The van der Waals surface area contributed by atoms with Gasteiger partial charge < -0.3 is 14.2 Å². The van der Waals surface area contributed by atoms with Crippen molar-refractivity contribution >= 4 is 17.9 Å². The molecule has 0 aromatic carbocycles. The van der Waals surface area contributed by atoms with Crippen molar-refractivity contribution in [3.63, 3.8) is 0 Å². The van der Waals surface area contributed by atoms with Gasteiger partial charge in [0, 0.05) is 19.3 Å². The third-order valence-electron chi connectivity index (χ3n) is 12.8. The van der Waals surface area contributed by atoms with E-state index in [0.717, 1.165) is 89.9 Å². The Balaban J connectivity index is 4.27. The van der Waals surface area contributed by atoms with Gasteiger partial charge in [0.25, 0.3) is 0 Å². The molecule has 0 aliphatic rings. The molecule has 0 radical (unpaired) electrons. The predicted octanol–water partition coefficient (Wildman–Crippen LogP) is 19.4. The summed E-state index contributed by atoms with van der Waals surface area (Å²) in [6.45, 7) is 6.59. The van der Waals surface area contributed by atoms with Crippen LogP contribution in [0.5, 0.6) is 0 Å². The Kier molecular flexibility index (Phi) is 53.8. The minimum absolute atomic E-state index is 0.0770. The van der Waals surface area contributed by atoms with Crippen LogP contribution in [-0.4, -0.2) is 37.2 Å². The zero-order chi connectivity index (χ0) is 48.6. The molecule has 0 bridgehead atoms. The van der Waals surface area contributed by atoms with Gasteiger partial charge in [-0.1, -0.05) is 256 Å². The molecule has 0 saturated carbocycles. The quantitative estimate of drug-likeness (QED) is 0.0262. The van der Waals surface area contributed by atoms with Crippen LogP contribution in [0, 0.1) is 0 Å². The van der Waals surface area contributed by atoms with E-state index >= 15 is 0 Å². The molecule has 6 heteroatoms. The average molecular weight is 940 g/mol. The first-order valence-electron chi connectivity index (χ1n) is 29.1. The van der Waals surface area contributed by atoms with Crippen molar-refractivity contribution in [3.05, 3.63) is 48.6 Å². The van der Waals surface area contributed by atoms with Gasteiger partial charge in [0.2, 0.25) is 0 Å². The average Bonchev–Trinajstić information content (AvgIpc) is 3.33. The molecule has 0 N–H and O–H groups in total. The second kappa shape index (κ2) is 56.0. The van der Waals surface area contributed by atoms with Crippen LogP contribution >= 0.6 is 0 Å². The Morgan fingerprint density at radius 3 is 0.910 bits per heavy atom. The number of carbonyl (C=O) groups is 3. The number of hydrogen-bond acceptors (Lipinski definition) is 6. The highest BCUT2D eigenvalue weighted by Crippen LogP contribution is 2.16. The lowest BCUT2D eigenvalue weighted by Gasteiger charge is -2.18. The first-order valence-corrected chi connectivity index (χ1v) is 29.1. The number of rotatable bonds is 53. The summed E-state index contributed by atoms with van der Waals surface area (Å²) < 4.78 is 16.8. The van der Waals surface area contributed by atoms with E-state index in [1.54, 1.807) is 0 Å². The van der Waals surface area contributed by atoms with Gasteiger partial charge in [-0.3, -0.25) is 14.4 Å². The van der Waals surface area contributed by atoms with Crippen LogP contribution in [0.15, 0.2) is 48.6 Å². The monoisotopic (exact) mass is 939 g/mol. The summed E-state index contributed by atoms with van der Waals surface area (Å²) >= 11 is 0. The van der Waals surface area contributed by atoms with Crippen molar-refractivity contribution in [2.24, 2.45) is 0 Å². The third kappa shape index (κ3) is 54.2. The van der Waals surface area contributed by atoms with E-state index in [1.807, 2.05) is 0 Å². The van der Waals surface area contributed by atoms with E-state index in [9.17, 15) is 14.4 Å². The first-order chi connectivity index (χ1) is 33.0. The Bertz CT molecular complexity index is 1170. The maximum Gasteiger partial charge on any atom is 0.306 e. The third-order valence-corrected chi connectivity index (χ3v) is 12.8. The van der Waals surface area contributed by atoms with Gasteiger partial charge in [0.15, 0.2) is 6.10 Å². The summed E-state index contributed by atoms with van der Waals surface area (Å²) in [6.07, 6.45) is 68.2. The van der Waals surface area contributed by atoms with E-state index in [1.165, 1.54) is 173 Å². The summed E-state index contributed by atoms with van der Waals surface area (Å²) in [6, 6.07) is 0. The van der Waals surface area contributed by atoms with Gasteiger partial charge in [-0.05, 0) is 77.0 Å². The van der Waals surface area contributed by atoms with Gasteiger partial charge in [-0.2, -0.15) is 0 Å². The second-order valence-corrected chi connectivity index (χ2v) is 19.6. The smallest absolute Gasteiger partial charge is 0.306 e. The minimum atomic E-state index is -0.776. The molecule has 1 unspecified atom stereocenters.